The van der Waals surface area contributed by atoms with Crippen LogP contribution in [0.15, 0.2) is 60.7 Å². The monoisotopic (exact) mass is 482 g/mol. The molecule has 0 aromatic heterocycles. The van der Waals surface area contributed by atoms with Crippen molar-refractivity contribution in [2.24, 2.45) is 0 Å². The summed E-state index contributed by atoms with van der Waals surface area (Å²) in [6.07, 6.45) is 1.83. The molecule has 0 amide bonds. The number of nitrogens with one attached hydrogen (secondary N) is 1. The van der Waals surface area contributed by atoms with Crippen molar-refractivity contribution in [3.8, 4) is 0 Å². The molecule has 1 saturated carbocycles. The molecule has 0 bridgehead atoms. The van der Waals surface area contributed by atoms with Crippen LogP contribution in [0.2, 0.25) is 0 Å². The van der Waals surface area contributed by atoms with E-state index >= 15 is 0 Å². The number of aromatic carboxylic acids is 1. The van der Waals surface area contributed by atoms with Crippen molar-refractivity contribution in [3.05, 3.63) is 82.9 Å². The molecule has 0 atom stereocenters. The summed E-state index contributed by atoms with van der Waals surface area (Å²) < 4.78 is 39.0. The maximum Gasteiger partial charge on any atom is 0.416 e. The van der Waals surface area contributed by atoms with E-state index in [2.05, 4.69) is 34.5 Å². The van der Waals surface area contributed by atoms with Crippen molar-refractivity contribution >= 4 is 28.7 Å². The number of hydrogen-bond acceptors (Lipinski definition) is 3. The van der Waals surface area contributed by atoms with Gasteiger partial charge in [0.05, 0.1) is 16.8 Å². The van der Waals surface area contributed by atoms with Gasteiger partial charge in [0.1, 0.15) is 0 Å². The first-order valence-electron chi connectivity index (χ1n) is 11.8. The molecule has 0 aliphatic heterocycles. The third-order valence-electron chi connectivity index (χ3n) is 6.80. The minimum Gasteiger partial charge on any atom is -0.478 e. The van der Waals surface area contributed by atoms with Crippen LogP contribution < -0.4 is 10.2 Å². The number of carboxylic acid groups (broad SMARTS) is 1. The highest BCUT2D eigenvalue weighted by Crippen LogP contribution is 2.36. The molecule has 3 aromatic carbocycles. The molecule has 1 aliphatic carbocycles. The van der Waals surface area contributed by atoms with E-state index in [9.17, 15) is 23.1 Å². The highest BCUT2D eigenvalue weighted by Gasteiger charge is 2.32. The molecule has 3 aromatic rings. The summed E-state index contributed by atoms with van der Waals surface area (Å²) in [4.78, 5) is 13.7. The van der Waals surface area contributed by atoms with Crippen LogP contribution >= 0.6 is 0 Å². The second-order valence-corrected chi connectivity index (χ2v) is 9.17. The maximum atomic E-state index is 13.0. The number of aryl methyl sites for hydroxylation is 1. The second-order valence-electron chi connectivity index (χ2n) is 9.17. The first-order chi connectivity index (χ1) is 16.6. The molecule has 0 spiro atoms. The Balaban J connectivity index is 1.52. The summed E-state index contributed by atoms with van der Waals surface area (Å²) in [6, 6.07) is 17.0. The van der Waals surface area contributed by atoms with Gasteiger partial charge < -0.3 is 15.3 Å². The minimum absolute atomic E-state index is 0.105. The number of benzene rings is 3. The normalized spacial score (nSPS) is 14.5. The molecule has 35 heavy (non-hydrogen) atoms. The van der Waals surface area contributed by atoms with Crippen molar-refractivity contribution in [1.82, 2.24) is 0 Å². The van der Waals surface area contributed by atoms with Crippen LogP contribution in [0.1, 0.15) is 65.1 Å². The molecule has 4 nitrogen and oxygen atoms in total. The third kappa shape index (κ3) is 5.61. The number of alkyl halides is 3. The lowest BCUT2D eigenvalue weighted by molar-refractivity contribution is -0.137. The molecule has 0 heterocycles. The standard InChI is InChI=1S/C28H29F3N2O2/c1-18-16-23(33(2)22-11-8-20(9-12-22)19-6-4-3-5-7-19)13-15-25(18)32-26-14-10-21(28(29,30)31)17-24(26)27(34)35/h8-17,19,32H,3-7H2,1-2H3,(H,34,35). The van der Waals surface area contributed by atoms with Crippen molar-refractivity contribution in [3.63, 3.8) is 0 Å². The SMILES string of the molecule is Cc1cc(N(C)c2ccc(C3CCCCC3)cc2)ccc1Nc1ccc(C(F)(F)F)cc1C(=O)O. The smallest absolute Gasteiger partial charge is 0.416 e. The summed E-state index contributed by atoms with van der Waals surface area (Å²) in [6.45, 7) is 1.87. The van der Waals surface area contributed by atoms with Crippen LogP contribution in [-0.4, -0.2) is 18.1 Å². The van der Waals surface area contributed by atoms with E-state index in [0.29, 0.717) is 17.7 Å². The van der Waals surface area contributed by atoms with Gasteiger partial charge in [-0.3, -0.25) is 0 Å². The maximum absolute atomic E-state index is 13.0. The van der Waals surface area contributed by atoms with Crippen molar-refractivity contribution in [2.45, 2.75) is 51.1 Å². The Kier molecular flexibility index (Phi) is 7.05. The van der Waals surface area contributed by atoms with E-state index in [4.69, 9.17) is 0 Å². The first kappa shape index (κ1) is 24.6. The van der Waals surface area contributed by atoms with Gasteiger partial charge >= 0.3 is 12.1 Å². The van der Waals surface area contributed by atoms with Gasteiger partial charge in [0.25, 0.3) is 0 Å². The third-order valence-corrected chi connectivity index (χ3v) is 6.80. The fourth-order valence-corrected chi connectivity index (χ4v) is 4.70. The molecule has 184 valence electrons. The number of rotatable bonds is 6. The minimum atomic E-state index is -4.61. The molecule has 7 heteroatoms. The van der Waals surface area contributed by atoms with E-state index in [0.717, 1.165) is 29.1 Å². The van der Waals surface area contributed by atoms with Gasteiger partial charge in [0.15, 0.2) is 0 Å². The molecular weight excluding hydrogens is 453 g/mol. The van der Waals surface area contributed by atoms with Gasteiger partial charge in [-0.2, -0.15) is 13.2 Å². The summed E-state index contributed by atoms with van der Waals surface area (Å²) in [5.41, 5.74) is 3.53. The summed E-state index contributed by atoms with van der Waals surface area (Å²) in [5.74, 6) is -0.777. The predicted octanol–water partition coefficient (Wildman–Crippen LogP) is 8.27. The molecule has 0 unspecified atom stereocenters. The second kappa shape index (κ2) is 10.0. The number of carbonyl (C=O) groups is 1. The number of halogens is 3. The zero-order valence-corrected chi connectivity index (χ0v) is 19.8. The zero-order chi connectivity index (χ0) is 25.2. The number of anilines is 4. The van der Waals surface area contributed by atoms with Crippen LogP contribution in [0, 0.1) is 6.92 Å². The summed E-state index contributed by atoms with van der Waals surface area (Å²) in [5, 5.41) is 12.4. The molecule has 1 fully saturated rings. The molecular formula is C28H29F3N2O2. The molecule has 4 rings (SSSR count). The van der Waals surface area contributed by atoms with Crippen molar-refractivity contribution < 1.29 is 23.1 Å². The fraction of sp³-hybridized carbons (Fsp3) is 0.321. The summed E-state index contributed by atoms with van der Waals surface area (Å²) in [7, 11) is 1.98. The Hall–Kier alpha value is -3.48. The Labute approximate surface area is 203 Å². The highest BCUT2D eigenvalue weighted by atomic mass is 19.4. The number of carboxylic acids is 1. The van der Waals surface area contributed by atoms with E-state index < -0.39 is 23.3 Å². The Morgan fingerprint density at radius 3 is 2.14 bits per heavy atom. The topological polar surface area (TPSA) is 52.6 Å². The lowest BCUT2D eigenvalue weighted by Crippen LogP contribution is -2.11. The zero-order valence-electron chi connectivity index (χ0n) is 19.8. The fourth-order valence-electron chi connectivity index (χ4n) is 4.70. The van der Waals surface area contributed by atoms with E-state index in [1.54, 1.807) is 6.07 Å². The van der Waals surface area contributed by atoms with E-state index in [1.165, 1.54) is 37.7 Å². The van der Waals surface area contributed by atoms with E-state index in [-0.39, 0.29) is 5.69 Å². The van der Waals surface area contributed by atoms with Crippen LogP contribution in [0.4, 0.5) is 35.9 Å². The average molecular weight is 483 g/mol. The number of nitrogens with zero attached hydrogens (tertiary/aromatic N) is 1. The molecule has 0 saturated heterocycles. The van der Waals surface area contributed by atoms with Crippen molar-refractivity contribution in [2.75, 3.05) is 17.3 Å². The van der Waals surface area contributed by atoms with Gasteiger partial charge in [-0.05, 0) is 85.3 Å². The largest absolute Gasteiger partial charge is 0.478 e. The van der Waals surface area contributed by atoms with Crippen LogP contribution in [0.5, 0.6) is 0 Å². The van der Waals surface area contributed by atoms with Crippen LogP contribution in [0.25, 0.3) is 0 Å². The van der Waals surface area contributed by atoms with Gasteiger partial charge in [0.2, 0.25) is 0 Å². The lowest BCUT2D eigenvalue weighted by Gasteiger charge is -2.24. The average Bonchev–Trinajstić information content (AvgIpc) is 2.85. The molecule has 2 N–H and O–H groups in total. The molecule has 1 aliphatic rings. The number of hydrogen-bond donors (Lipinski definition) is 2. The van der Waals surface area contributed by atoms with Gasteiger partial charge in [-0.15, -0.1) is 0 Å². The Morgan fingerprint density at radius 1 is 0.914 bits per heavy atom. The van der Waals surface area contributed by atoms with Gasteiger partial charge in [-0.1, -0.05) is 31.4 Å². The van der Waals surface area contributed by atoms with Gasteiger partial charge in [-0.25, -0.2) is 4.79 Å². The quantitative estimate of drug-likeness (QED) is 0.371. The van der Waals surface area contributed by atoms with E-state index in [1.807, 2.05) is 26.1 Å². The van der Waals surface area contributed by atoms with Crippen molar-refractivity contribution in [1.29, 1.82) is 0 Å². The lowest BCUT2D eigenvalue weighted by atomic mass is 9.84. The predicted molar refractivity (Wildman–Crippen MR) is 133 cm³/mol. The Bertz CT molecular complexity index is 1200. The van der Waals surface area contributed by atoms with Crippen LogP contribution in [0.3, 0.4) is 0 Å². The summed E-state index contributed by atoms with van der Waals surface area (Å²) >= 11 is 0. The Morgan fingerprint density at radius 2 is 1.54 bits per heavy atom. The highest BCUT2D eigenvalue weighted by molar-refractivity contribution is 5.95. The molecule has 0 radical (unpaired) electrons. The van der Waals surface area contributed by atoms with Crippen LogP contribution in [-0.2, 0) is 6.18 Å². The first-order valence-corrected chi connectivity index (χ1v) is 11.8. The van der Waals surface area contributed by atoms with Gasteiger partial charge in [0, 0.05) is 24.1 Å².